The zero-order valence-corrected chi connectivity index (χ0v) is 18.7. The Morgan fingerprint density at radius 3 is 3.03 bits per heavy atom. The highest BCUT2D eigenvalue weighted by molar-refractivity contribution is 5.97. The zero-order chi connectivity index (χ0) is 23.5. The second-order valence-corrected chi connectivity index (χ2v) is 8.14. The maximum Gasteiger partial charge on any atom is 0.414 e. The molecule has 0 spiro atoms. The van der Waals surface area contributed by atoms with E-state index < -0.39 is 0 Å². The Hall–Kier alpha value is -3.92. The van der Waals surface area contributed by atoms with Crippen molar-refractivity contribution in [3.05, 3.63) is 48.2 Å². The number of amides is 2. The van der Waals surface area contributed by atoms with Gasteiger partial charge in [-0.05, 0) is 55.3 Å². The van der Waals surface area contributed by atoms with Crippen LogP contribution in [0.5, 0.6) is 11.6 Å². The maximum absolute atomic E-state index is 12.4. The normalized spacial score (nSPS) is 17.2. The molecule has 0 aliphatic carbocycles. The second-order valence-electron chi connectivity index (χ2n) is 8.14. The van der Waals surface area contributed by atoms with Crippen molar-refractivity contribution in [1.82, 2.24) is 15.3 Å². The third kappa shape index (κ3) is 4.58. The number of aromatic nitrogens is 2. The predicted molar refractivity (Wildman–Crippen MR) is 125 cm³/mol. The van der Waals surface area contributed by atoms with Gasteiger partial charge in [-0.2, -0.15) is 0 Å². The molecule has 0 saturated carbocycles. The molecule has 2 amide bonds. The lowest BCUT2D eigenvalue weighted by Crippen LogP contribution is -2.27. The maximum atomic E-state index is 12.4. The van der Waals surface area contributed by atoms with Gasteiger partial charge in [0.2, 0.25) is 5.88 Å². The molecule has 1 saturated heterocycles. The Labute approximate surface area is 196 Å². The third-order valence-corrected chi connectivity index (χ3v) is 5.83. The number of nitrogens with zero attached hydrogens (tertiary/aromatic N) is 3. The van der Waals surface area contributed by atoms with E-state index in [9.17, 15) is 9.59 Å². The number of rotatable bonds is 8. The Morgan fingerprint density at radius 2 is 2.15 bits per heavy atom. The van der Waals surface area contributed by atoms with Crippen LogP contribution >= 0.6 is 0 Å². The molecule has 2 N–H and O–H groups in total. The van der Waals surface area contributed by atoms with Gasteiger partial charge in [0.15, 0.2) is 6.61 Å². The number of cyclic esters (lactones) is 1. The lowest BCUT2D eigenvalue weighted by molar-refractivity contribution is -0.118. The minimum Gasteiger partial charge on any atom is -0.482 e. The number of hydrogen-bond donors (Lipinski definition) is 2. The van der Waals surface area contributed by atoms with Gasteiger partial charge in [0.1, 0.15) is 11.9 Å². The molecule has 1 aromatic carbocycles. The summed E-state index contributed by atoms with van der Waals surface area (Å²) in [6, 6.07) is 10.9. The number of carbonyl (C=O) groups excluding carboxylic acids is 2. The van der Waals surface area contributed by atoms with Gasteiger partial charge in [0.05, 0.1) is 30.4 Å². The highest BCUT2D eigenvalue weighted by atomic mass is 16.6. The first-order chi connectivity index (χ1) is 16.6. The van der Waals surface area contributed by atoms with Crippen LogP contribution in [0.3, 0.4) is 0 Å². The van der Waals surface area contributed by atoms with Crippen molar-refractivity contribution in [1.29, 1.82) is 0 Å². The number of anilines is 2. The zero-order valence-electron chi connectivity index (χ0n) is 18.7. The van der Waals surface area contributed by atoms with E-state index >= 15 is 0 Å². The second kappa shape index (κ2) is 9.52. The Kier molecular flexibility index (Phi) is 6.13. The first-order valence-corrected chi connectivity index (χ1v) is 11.1. The van der Waals surface area contributed by atoms with Crippen LogP contribution in [-0.4, -0.2) is 54.9 Å². The van der Waals surface area contributed by atoms with Crippen LogP contribution in [0.15, 0.2) is 42.6 Å². The number of fused-ring (bicyclic) bond motifs is 2. The Morgan fingerprint density at radius 1 is 1.24 bits per heavy atom. The Bertz CT molecular complexity index is 1230. The lowest BCUT2D eigenvalue weighted by Gasteiger charge is -2.20. The fourth-order valence-corrected chi connectivity index (χ4v) is 4.12. The van der Waals surface area contributed by atoms with Gasteiger partial charge in [0, 0.05) is 24.5 Å². The van der Waals surface area contributed by atoms with Crippen molar-refractivity contribution < 1.29 is 23.8 Å². The quantitative estimate of drug-likeness (QED) is 0.490. The number of benzene rings is 1. The summed E-state index contributed by atoms with van der Waals surface area (Å²) in [5.41, 5.74) is 3.92. The summed E-state index contributed by atoms with van der Waals surface area (Å²) in [7, 11) is 1.59. The molecular weight excluding hydrogens is 438 g/mol. The van der Waals surface area contributed by atoms with E-state index in [2.05, 4.69) is 20.6 Å². The van der Waals surface area contributed by atoms with Gasteiger partial charge < -0.3 is 24.8 Å². The number of pyridine rings is 2. The number of hydrogen-bond acceptors (Lipinski definition) is 8. The molecule has 34 heavy (non-hydrogen) atoms. The monoisotopic (exact) mass is 463 g/mol. The van der Waals surface area contributed by atoms with Gasteiger partial charge in [-0.3, -0.25) is 14.7 Å². The van der Waals surface area contributed by atoms with E-state index in [1.807, 2.05) is 12.1 Å². The standard InChI is InChI=1S/C24H25N5O5/c1-32-22-7-5-18-23(28-22)15(8-10-26-18)12-25-9-2-3-17-13-29(24(31)34-17)16-4-6-20-19(11-16)27-21(30)14-33-20/h4-8,10-11,17,25H,2-3,9,12-14H2,1H3,(H,27,30). The van der Waals surface area contributed by atoms with E-state index in [-0.39, 0.29) is 24.7 Å². The van der Waals surface area contributed by atoms with Gasteiger partial charge in [-0.1, -0.05) is 0 Å². The summed E-state index contributed by atoms with van der Waals surface area (Å²) in [6.45, 7) is 1.88. The van der Waals surface area contributed by atoms with Crippen molar-refractivity contribution in [3.8, 4) is 11.6 Å². The third-order valence-electron chi connectivity index (χ3n) is 5.83. The van der Waals surface area contributed by atoms with Crippen LogP contribution in [-0.2, 0) is 16.1 Å². The van der Waals surface area contributed by atoms with Gasteiger partial charge in [-0.25, -0.2) is 9.78 Å². The molecule has 2 aliphatic rings. The van der Waals surface area contributed by atoms with Crippen LogP contribution in [0.4, 0.5) is 16.2 Å². The number of methoxy groups -OCH3 is 1. The Balaban J connectivity index is 1.12. The first-order valence-electron chi connectivity index (χ1n) is 11.1. The molecular formula is C24H25N5O5. The molecule has 1 unspecified atom stereocenters. The molecule has 1 atom stereocenters. The van der Waals surface area contributed by atoms with E-state index in [1.165, 1.54) is 0 Å². The fourth-order valence-electron chi connectivity index (χ4n) is 4.12. The minimum atomic E-state index is -0.385. The molecule has 176 valence electrons. The first kappa shape index (κ1) is 21.9. The van der Waals surface area contributed by atoms with Crippen molar-refractivity contribution in [2.75, 3.05) is 37.0 Å². The summed E-state index contributed by atoms with van der Waals surface area (Å²) in [5.74, 6) is 0.936. The molecule has 0 radical (unpaired) electrons. The molecule has 2 aliphatic heterocycles. The largest absolute Gasteiger partial charge is 0.482 e. The van der Waals surface area contributed by atoms with E-state index in [0.29, 0.717) is 36.1 Å². The molecule has 10 heteroatoms. The van der Waals surface area contributed by atoms with Gasteiger partial charge in [-0.15, -0.1) is 0 Å². The van der Waals surface area contributed by atoms with Crippen molar-refractivity contribution in [2.24, 2.45) is 0 Å². The molecule has 5 rings (SSSR count). The van der Waals surface area contributed by atoms with Crippen molar-refractivity contribution >= 4 is 34.4 Å². The van der Waals surface area contributed by atoms with Crippen LogP contribution in [0, 0.1) is 0 Å². The average Bonchev–Trinajstić information content (AvgIpc) is 3.23. The average molecular weight is 463 g/mol. The summed E-state index contributed by atoms with van der Waals surface area (Å²) >= 11 is 0. The number of nitrogens with one attached hydrogen (secondary N) is 2. The van der Waals surface area contributed by atoms with E-state index in [1.54, 1.807) is 42.5 Å². The van der Waals surface area contributed by atoms with Gasteiger partial charge in [0.25, 0.3) is 5.91 Å². The minimum absolute atomic E-state index is 0.00367. The summed E-state index contributed by atoms with van der Waals surface area (Å²) < 4.78 is 16.2. The molecule has 10 nitrogen and oxygen atoms in total. The highest BCUT2D eigenvalue weighted by Gasteiger charge is 2.32. The van der Waals surface area contributed by atoms with Crippen LogP contribution < -0.4 is 25.0 Å². The summed E-state index contributed by atoms with van der Waals surface area (Å²) in [4.78, 5) is 34.4. The number of carbonyl (C=O) groups is 2. The highest BCUT2D eigenvalue weighted by Crippen LogP contribution is 2.33. The van der Waals surface area contributed by atoms with Crippen LogP contribution in [0.2, 0.25) is 0 Å². The number of ether oxygens (including phenoxy) is 3. The molecule has 2 aromatic heterocycles. The molecule has 0 bridgehead atoms. The fraction of sp³-hybridized carbons (Fsp3) is 0.333. The van der Waals surface area contributed by atoms with E-state index in [4.69, 9.17) is 14.2 Å². The molecule has 1 fully saturated rings. The van der Waals surface area contributed by atoms with Crippen molar-refractivity contribution in [2.45, 2.75) is 25.5 Å². The molecule has 4 heterocycles. The molecule has 3 aromatic rings. The summed E-state index contributed by atoms with van der Waals surface area (Å²) in [6.07, 6.45) is 2.79. The van der Waals surface area contributed by atoms with Crippen molar-refractivity contribution in [3.63, 3.8) is 0 Å². The lowest BCUT2D eigenvalue weighted by atomic mass is 10.1. The topological polar surface area (TPSA) is 115 Å². The SMILES string of the molecule is COc1ccc2nccc(CNCCCC3CN(c4ccc5c(c4)NC(=O)CO5)C(=O)O3)c2n1. The van der Waals surface area contributed by atoms with Crippen LogP contribution in [0.25, 0.3) is 11.0 Å². The van der Waals surface area contributed by atoms with Gasteiger partial charge >= 0.3 is 6.09 Å². The van der Waals surface area contributed by atoms with E-state index in [0.717, 1.165) is 36.0 Å². The summed E-state index contributed by atoms with van der Waals surface area (Å²) in [5, 5.41) is 6.19. The smallest absolute Gasteiger partial charge is 0.414 e. The van der Waals surface area contributed by atoms with Crippen LogP contribution in [0.1, 0.15) is 18.4 Å². The predicted octanol–water partition coefficient (Wildman–Crippen LogP) is 2.86.